The highest BCUT2D eigenvalue weighted by atomic mass is 16.3. The van der Waals surface area contributed by atoms with Gasteiger partial charge in [0.05, 0.1) is 44.1 Å². The first kappa shape index (κ1) is 67.7. The number of para-hydroxylation sites is 5. The number of rotatable bonds is 10. The van der Waals surface area contributed by atoms with Gasteiger partial charge in [-0.2, -0.15) is 0 Å². The molecule has 0 aliphatic carbocycles. The van der Waals surface area contributed by atoms with Crippen LogP contribution in [0.5, 0.6) is 0 Å². The zero-order valence-corrected chi connectivity index (χ0v) is 64.8. The van der Waals surface area contributed by atoms with E-state index in [0.29, 0.717) is 0 Å². The van der Waals surface area contributed by atoms with Crippen LogP contribution in [0, 0.1) is 0 Å². The van der Waals surface area contributed by atoms with Gasteiger partial charge in [0.25, 0.3) is 0 Å². The predicted molar refractivity (Wildman–Crippen MR) is 503 cm³/mol. The van der Waals surface area contributed by atoms with Crippen molar-refractivity contribution in [3.05, 3.63) is 437 Å². The van der Waals surface area contributed by atoms with Crippen LogP contribution in [-0.2, 0) is 0 Å². The summed E-state index contributed by atoms with van der Waals surface area (Å²) in [5, 5.41) is 20.0. The highest BCUT2D eigenvalue weighted by molar-refractivity contribution is 6.26. The molecule has 0 radical (unpaired) electrons. The molecule has 0 aliphatic rings. The largest absolute Gasteiger partial charge is 0.456 e. The maximum Gasteiger partial charge on any atom is 0.135 e. The molecule has 554 valence electrons. The first-order valence-corrected chi connectivity index (χ1v) is 40.9. The van der Waals surface area contributed by atoms with E-state index in [1.165, 1.54) is 186 Å². The summed E-state index contributed by atoms with van der Waals surface area (Å²) in [5.74, 6) is 0. The van der Waals surface area contributed by atoms with Crippen molar-refractivity contribution in [1.82, 2.24) is 18.3 Å². The lowest BCUT2D eigenvalue weighted by Gasteiger charge is -2.13. The molecular weight excluding hydrogens is 1440 g/mol. The molecule has 0 aliphatic heterocycles. The van der Waals surface area contributed by atoms with Crippen LogP contribution in [0.25, 0.3) is 231 Å². The summed E-state index contributed by atoms with van der Waals surface area (Å²) < 4.78 is 15.8. The minimum atomic E-state index is 0.910. The fourth-order valence-electron chi connectivity index (χ4n) is 19.3. The number of fused-ring (bicyclic) bond motifs is 21. The molecule has 0 bridgehead atoms. The number of benzene rings is 20. The monoisotopic (exact) mass is 1510 g/mol. The molecule has 119 heavy (non-hydrogen) atoms. The van der Waals surface area contributed by atoms with E-state index in [0.717, 1.165) is 44.7 Å². The molecule has 0 atom stereocenters. The van der Waals surface area contributed by atoms with Crippen molar-refractivity contribution in [1.29, 1.82) is 0 Å². The van der Waals surface area contributed by atoms with Gasteiger partial charge in [-0.25, -0.2) is 0 Å². The lowest BCUT2D eigenvalue weighted by Crippen LogP contribution is -1.94. The standard InChI is InChI=1S/C60H38N2.C54H34N2O/c1-2-14-39(15-3-1)40-16-12-18-45(34-40)61-57-26-10-8-24-52(57)55-37-43(29-32-59(55)61)44-30-33-60-56(38-44)53-25-9-11-27-58(53)62(60)46-19-13-17-41(35-46)42-28-31-51-49-22-5-4-20-47(49)48-21-6-7-23-50(48)54(51)36-42;1-2-12-35(13-3-1)36-14-10-16-41(30-36)55-49-21-7-4-18-43(49)46-32-38(24-27-51(46)55)39-25-28-52-47(33-39)44-19-5-8-22-50(44)56(52)42-17-11-15-37(31-42)40-26-29-54-48(34-40)45-20-6-9-23-53(45)57-54/h1-38H;1-34H. The topological polar surface area (TPSA) is 32.9 Å². The average Bonchev–Trinajstić information content (AvgIpc) is 1.60. The number of hydrogen-bond acceptors (Lipinski definition) is 1. The molecule has 0 unspecified atom stereocenters. The Balaban J connectivity index is 0.000000136. The number of nitrogens with zero attached hydrogens (tertiary/aromatic N) is 4. The van der Waals surface area contributed by atoms with E-state index in [1.54, 1.807) is 0 Å². The molecule has 0 amide bonds. The fraction of sp³-hybridized carbons (Fsp3) is 0. The molecule has 0 spiro atoms. The van der Waals surface area contributed by atoms with E-state index >= 15 is 0 Å². The van der Waals surface area contributed by atoms with Gasteiger partial charge in [0.2, 0.25) is 0 Å². The average molecular weight is 1510 g/mol. The third-order valence-corrected chi connectivity index (χ3v) is 24.8. The summed E-state index contributed by atoms with van der Waals surface area (Å²) >= 11 is 0. The van der Waals surface area contributed by atoms with Crippen LogP contribution >= 0.6 is 0 Å². The summed E-state index contributed by atoms with van der Waals surface area (Å²) in [7, 11) is 0. The normalized spacial score (nSPS) is 11.9. The molecule has 25 aromatic rings. The van der Waals surface area contributed by atoms with Gasteiger partial charge in [-0.15, -0.1) is 0 Å². The summed E-state index contributed by atoms with van der Waals surface area (Å²) in [6.45, 7) is 0. The van der Waals surface area contributed by atoms with Gasteiger partial charge in [0.1, 0.15) is 11.2 Å². The Bertz CT molecular complexity index is 8400. The Hall–Kier alpha value is -15.8. The predicted octanol–water partition coefficient (Wildman–Crippen LogP) is 31.1. The van der Waals surface area contributed by atoms with Crippen LogP contribution in [0.1, 0.15) is 0 Å². The minimum Gasteiger partial charge on any atom is -0.456 e. The summed E-state index contributed by atoms with van der Waals surface area (Å²) in [6, 6.07) is 159. The van der Waals surface area contributed by atoms with Crippen LogP contribution in [0.2, 0.25) is 0 Å². The molecule has 5 nitrogen and oxygen atoms in total. The third kappa shape index (κ3) is 11.2. The first-order chi connectivity index (χ1) is 59.0. The highest BCUT2D eigenvalue weighted by Crippen LogP contribution is 2.45. The van der Waals surface area contributed by atoms with Crippen LogP contribution < -0.4 is 0 Å². The first-order valence-electron chi connectivity index (χ1n) is 40.9. The second-order valence-corrected chi connectivity index (χ2v) is 31.4. The Kier molecular flexibility index (Phi) is 15.6. The van der Waals surface area contributed by atoms with Crippen molar-refractivity contribution < 1.29 is 4.42 Å². The lowest BCUT2D eigenvalue weighted by molar-refractivity contribution is 0.669. The van der Waals surface area contributed by atoms with E-state index in [-0.39, 0.29) is 0 Å². The lowest BCUT2D eigenvalue weighted by atomic mass is 9.92. The zero-order chi connectivity index (χ0) is 78.2. The second kappa shape index (κ2) is 27.5. The molecule has 0 N–H and O–H groups in total. The van der Waals surface area contributed by atoms with Gasteiger partial charge >= 0.3 is 0 Å². The molecule has 0 fully saturated rings. The van der Waals surface area contributed by atoms with E-state index < -0.39 is 0 Å². The van der Waals surface area contributed by atoms with Crippen molar-refractivity contribution in [3.63, 3.8) is 0 Å². The molecule has 5 heterocycles. The Morgan fingerprint density at radius 1 is 0.118 bits per heavy atom. The third-order valence-electron chi connectivity index (χ3n) is 24.8. The van der Waals surface area contributed by atoms with Gasteiger partial charge in [-0.05, 0) is 245 Å². The van der Waals surface area contributed by atoms with Crippen molar-refractivity contribution in [3.8, 4) is 89.5 Å². The van der Waals surface area contributed by atoms with Crippen molar-refractivity contribution >= 4 is 141 Å². The molecule has 25 rings (SSSR count). The van der Waals surface area contributed by atoms with E-state index in [4.69, 9.17) is 4.42 Å². The molecule has 0 saturated carbocycles. The maximum absolute atomic E-state index is 6.14. The highest BCUT2D eigenvalue weighted by Gasteiger charge is 2.22. The smallest absolute Gasteiger partial charge is 0.135 e. The van der Waals surface area contributed by atoms with Crippen molar-refractivity contribution in [2.75, 3.05) is 0 Å². The molecular formula is C114H72N4O. The van der Waals surface area contributed by atoms with Crippen LogP contribution in [0.4, 0.5) is 0 Å². The van der Waals surface area contributed by atoms with E-state index in [2.05, 4.69) is 443 Å². The Morgan fingerprint density at radius 3 is 0.706 bits per heavy atom. The van der Waals surface area contributed by atoms with Crippen LogP contribution in [0.15, 0.2) is 441 Å². The molecule has 0 saturated heterocycles. The SMILES string of the molecule is c1ccc(-c2cccc(-n3c4ccccc4c4cc(-c5ccc6c(c5)c5ccccc5n6-c5cccc(-c6ccc7c8ccccc8c8ccccc8c7c6)c5)ccc43)c2)cc1.c1ccc(-c2cccc(-n3c4ccccc4c4cc(-c5ccc6c(c5)c5ccccc5n6-c5cccc(-c6ccc7oc8ccccc8c7c6)c5)ccc43)c2)cc1. The molecule has 5 heteroatoms. The summed E-state index contributed by atoms with van der Waals surface area (Å²) in [5.41, 5.74) is 30.4. The molecule has 20 aromatic carbocycles. The van der Waals surface area contributed by atoms with Crippen LogP contribution in [-0.4, -0.2) is 18.3 Å². The number of aromatic nitrogens is 4. The Labute approximate surface area is 685 Å². The second-order valence-electron chi connectivity index (χ2n) is 31.4. The van der Waals surface area contributed by atoms with Gasteiger partial charge in [0.15, 0.2) is 0 Å². The van der Waals surface area contributed by atoms with Gasteiger partial charge in [0, 0.05) is 76.6 Å². The minimum absolute atomic E-state index is 0.910. The van der Waals surface area contributed by atoms with Crippen molar-refractivity contribution in [2.24, 2.45) is 0 Å². The van der Waals surface area contributed by atoms with Gasteiger partial charge < -0.3 is 22.7 Å². The quantitative estimate of drug-likeness (QED) is 0.126. The van der Waals surface area contributed by atoms with Crippen molar-refractivity contribution in [2.45, 2.75) is 0 Å². The summed E-state index contributed by atoms with van der Waals surface area (Å²) in [4.78, 5) is 0. The van der Waals surface area contributed by atoms with Gasteiger partial charge in [-0.3, -0.25) is 0 Å². The fourth-order valence-corrected chi connectivity index (χ4v) is 19.3. The molecule has 5 aromatic heterocycles. The zero-order valence-electron chi connectivity index (χ0n) is 64.8. The Morgan fingerprint density at radius 2 is 0.345 bits per heavy atom. The maximum atomic E-state index is 6.14. The van der Waals surface area contributed by atoms with E-state index in [9.17, 15) is 0 Å². The number of furan rings is 1. The summed E-state index contributed by atoms with van der Waals surface area (Å²) in [6.07, 6.45) is 0. The van der Waals surface area contributed by atoms with E-state index in [1.807, 2.05) is 12.1 Å². The van der Waals surface area contributed by atoms with Gasteiger partial charge in [-0.1, -0.05) is 291 Å². The number of hydrogen-bond donors (Lipinski definition) is 0. The van der Waals surface area contributed by atoms with Crippen LogP contribution in [0.3, 0.4) is 0 Å².